The summed E-state index contributed by atoms with van der Waals surface area (Å²) in [6.45, 7) is 3.26. The van der Waals surface area contributed by atoms with Crippen molar-refractivity contribution in [2.24, 2.45) is 5.41 Å². The Morgan fingerprint density at radius 1 is 1.29 bits per heavy atom. The number of ether oxygens (including phenoxy) is 2. The Balaban J connectivity index is 2.63. The van der Waals surface area contributed by atoms with Crippen molar-refractivity contribution in [3.63, 3.8) is 0 Å². The Morgan fingerprint density at radius 3 is 2.38 bits per heavy atom. The molecule has 0 saturated heterocycles. The lowest BCUT2D eigenvalue weighted by Crippen LogP contribution is -2.38. The smallest absolute Gasteiger partial charge is 0.320 e. The molecule has 1 atom stereocenters. The molecule has 0 bridgehead atoms. The molecule has 116 valence electrons. The third-order valence-corrected chi connectivity index (χ3v) is 3.70. The average Bonchev–Trinajstić information content (AvgIpc) is 2.46. The fourth-order valence-electron chi connectivity index (χ4n) is 1.36. The fraction of sp³-hybridized carbons (Fsp3) is 0.429. The highest BCUT2D eigenvalue weighted by Crippen LogP contribution is 2.25. The summed E-state index contributed by atoms with van der Waals surface area (Å²) in [6.07, 6.45) is 0. The van der Waals surface area contributed by atoms with Gasteiger partial charge in [-0.05, 0) is 54.0 Å². The van der Waals surface area contributed by atoms with E-state index in [-0.39, 0.29) is 18.3 Å². The van der Waals surface area contributed by atoms with Crippen molar-refractivity contribution < 1.29 is 19.1 Å². The highest BCUT2D eigenvalue weighted by Gasteiger charge is 2.35. The van der Waals surface area contributed by atoms with Gasteiger partial charge < -0.3 is 9.47 Å². The van der Waals surface area contributed by atoms with Gasteiger partial charge in [-0.2, -0.15) is 0 Å². The zero-order valence-electron chi connectivity index (χ0n) is 11.6. The third-order valence-electron chi connectivity index (χ3n) is 2.63. The van der Waals surface area contributed by atoms with E-state index in [1.54, 1.807) is 38.1 Å². The minimum atomic E-state index is -0.900. The predicted octanol–water partition coefficient (Wildman–Crippen LogP) is 3.82. The van der Waals surface area contributed by atoms with Crippen LogP contribution in [0.2, 0.25) is 5.02 Å². The van der Waals surface area contributed by atoms with Crippen LogP contribution in [0.4, 0.5) is 0 Å². The number of hydrogen-bond acceptors (Lipinski definition) is 4. The first-order valence-electron chi connectivity index (χ1n) is 6.08. The molecule has 1 unspecified atom stereocenters. The second-order valence-corrected chi connectivity index (χ2v) is 6.47. The van der Waals surface area contributed by atoms with Gasteiger partial charge in [0.15, 0.2) is 5.78 Å². The zero-order chi connectivity index (χ0) is 16.0. The first-order chi connectivity index (χ1) is 9.76. The summed E-state index contributed by atoms with van der Waals surface area (Å²) in [4.78, 5) is 23.4. The molecule has 0 saturated carbocycles. The Morgan fingerprint density at radius 2 is 1.86 bits per heavy atom. The Labute approximate surface area is 141 Å². The van der Waals surface area contributed by atoms with Crippen LogP contribution >= 0.6 is 39.1 Å². The van der Waals surface area contributed by atoms with Gasteiger partial charge in [0.1, 0.15) is 18.2 Å². The Bertz CT molecular complexity index is 502. The van der Waals surface area contributed by atoms with E-state index in [4.69, 9.17) is 32.7 Å². The lowest BCUT2D eigenvalue weighted by Gasteiger charge is -2.25. The zero-order valence-corrected chi connectivity index (χ0v) is 14.7. The Hall–Kier alpha value is -0.780. The van der Waals surface area contributed by atoms with E-state index in [2.05, 4.69) is 15.9 Å². The van der Waals surface area contributed by atoms with Gasteiger partial charge in [0.25, 0.3) is 0 Å². The summed E-state index contributed by atoms with van der Waals surface area (Å²) in [5.74, 6) is -0.561. The number of alkyl halides is 2. The molecule has 0 N–H and O–H groups in total. The molecule has 21 heavy (non-hydrogen) atoms. The molecule has 7 heteroatoms. The van der Waals surface area contributed by atoms with Crippen LogP contribution in [-0.2, 0) is 14.3 Å². The van der Waals surface area contributed by atoms with E-state index in [0.717, 1.165) is 0 Å². The number of carbonyl (C=O) groups excluding carboxylic acids is 2. The maximum atomic E-state index is 12.3. The number of halogens is 3. The normalized spacial score (nSPS) is 12.6. The molecule has 1 aromatic rings. The van der Waals surface area contributed by atoms with Crippen LogP contribution in [0, 0.1) is 5.41 Å². The van der Waals surface area contributed by atoms with Crippen LogP contribution in [0.5, 0.6) is 5.75 Å². The molecule has 4 nitrogen and oxygen atoms in total. The minimum absolute atomic E-state index is 0.0660. The number of hydrogen-bond donors (Lipinski definition) is 0. The van der Waals surface area contributed by atoms with Gasteiger partial charge in [-0.15, -0.1) is 11.6 Å². The molecule has 0 amide bonds. The minimum Gasteiger partial charge on any atom is -0.471 e. The van der Waals surface area contributed by atoms with Crippen LogP contribution < -0.4 is 4.74 Å². The van der Waals surface area contributed by atoms with Crippen molar-refractivity contribution in [2.75, 3.05) is 12.5 Å². The van der Waals surface area contributed by atoms with Crippen molar-refractivity contribution in [3.8, 4) is 5.75 Å². The third kappa shape index (κ3) is 5.85. The molecular weight excluding hydrogens is 383 g/mol. The van der Waals surface area contributed by atoms with Gasteiger partial charge in [0.05, 0.1) is 5.41 Å². The van der Waals surface area contributed by atoms with Crippen molar-refractivity contribution in [1.82, 2.24) is 0 Å². The lowest BCUT2D eigenvalue weighted by atomic mass is 9.89. The summed E-state index contributed by atoms with van der Waals surface area (Å²) in [6, 6.07) is 6.64. The molecule has 0 aliphatic heterocycles. The number of Topliss-reactive ketones (excluding diaryl/α,β-unsaturated/α-hetero) is 1. The molecule has 0 radical (unpaired) electrons. The van der Waals surface area contributed by atoms with Gasteiger partial charge in [0.2, 0.25) is 5.01 Å². The number of rotatable bonds is 7. The Kier molecular flexibility index (Phi) is 6.97. The van der Waals surface area contributed by atoms with E-state index in [1.165, 1.54) is 0 Å². The largest absolute Gasteiger partial charge is 0.471 e. The SMILES string of the molecule is CC(C)(COC(=O)CCl)C(=O)C(Br)Oc1ccc(Cl)cc1. The standard InChI is InChI=1S/C14H15BrCl2O4/c1-14(2,8-20-11(18)7-16)12(19)13(15)21-10-5-3-9(17)4-6-10/h3-6,13H,7-8H2,1-2H3. The fourth-order valence-corrected chi connectivity index (χ4v) is 2.40. The van der Waals surface area contributed by atoms with Crippen LogP contribution in [-0.4, -0.2) is 29.3 Å². The highest BCUT2D eigenvalue weighted by molar-refractivity contribution is 9.09. The second kappa shape index (κ2) is 8.01. The first-order valence-corrected chi connectivity index (χ1v) is 7.91. The molecule has 0 fully saturated rings. The molecule has 1 aromatic carbocycles. The lowest BCUT2D eigenvalue weighted by molar-refractivity contribution is -0.147. The van der Waals surface area contributed by atoms with Gasteiger partial charge >= 0.3 is 5.97 Å². The highest BCUT2D eigenvalue weighted by atomic mass is 79.9. The van der Waals surface area contributed by atoms with E-state index >= 15 is 0 Å². The van der Waals surface area contributed by atoms with E-state index in [9.17, 15) is 9.59 Å². The number of esters is 1. The van der Waals surface area contributed by atoms with E-state index in [1.807, 2.05) is 0 Å². The predicted molar refractivity (Wildman–Crippen MR) is 85.3 cm³/mol. The van der Waals surface area contributed by atoms with Crippen LogP contribution in [0.25, 0.3) is 0 Å². The van der Waals surface area contributed by atoms with Crippen molar-refractivity contribution in [2.45, 2.75) is 18.9 Å². The van der Waals surface area contributed by atoms with Crippen molar-refractivity contribution >= 4 is 50.9 Å². The molecule has 1 rings (SSSR count). The topological polar surface area (TPSA) is 52.6 Å². The summed E-state index contributed by atoms with van der Waals surface area (Å²) in [7, 11) is 0. The molecular formula is C14H15BrCl2O4. The van der Waals surface area contributed by atoms with Gasteiger partial charge in [-0.25, -0.2) is 0 Å². The first kappa shape index (κ1) is 18.3. The second-order valence-electron chi connectivity index (χ2n) is 4.93. The summed E-state index contributed by atoms with van der Waals surface area (Å²) in [5.41, 5.74) is -0.900. The molecule has 0 aliphatic carbocycles. The maximum Gasteiger partial charge on any atom is 0.320 e. The monoisotopic (exact) mass is 396 g/mol. The van der Waals surface area contributed by atoms with E-state index in [0.29, 0.717) is 10.8 Å². The maximum absolute atomic E-state index is 12.3. The van der Waals surface area contributed by atoms with Gasteiger partial charge in [-0.3, -0.25) is 9.59 Å². The molecule has 0 aliphatic rings. The quantitative estimate of drug-likeness (QED) is 0.518. The van der Waals surface area contributed by atoms with Crippen LogP contribution in [0.1, 0.15) is 13.8 Å². The van der Waals surface area contributed by atoms with E-state index < -0.39 is 16.4 Å². The summed E-state index contributed by atoms with van der Waals surface area (Å²) in [5, 5.41) is -0.281. The number of benzene rings is 1. The molecule has 0 heterocycles. The number of carbonyl (C=O) groups is 2. The average molecular weight is 398 g/mol. The van der Waals surface area contributed by atoms with Crippen LogP contribution in [0.15, 0.2) is 24.3 Å². The summed E-state index contributed by atoms with van der Waals surface area (Å²) < 4.78 is 10.4. The molecule has 0 aromatic heterocycles. The van der Waals surface area contributed by atoms with Crippen LogP contribution in [0.3, 0.4) is 0 Å². The van der Waals surface area contributed by atoms with Gasteiger partial charge in [0, 0.05) is 5.02 Å². The van der Waals surface area contributed by atoms with Gasteiger partial charge in [-0.1, -0.05) is 11.6 Å². The molecule has 0 spiro atoms. The van der Waals surface area contributed by atoms with Crippen molar-refractivity contribution in [3.05, 3.63) is 29.3 Å². The summed E-state index contributed by atoms with van der Waals surface area (Å²) >= 11 is 14.3. The number of ketones is 1. The van der Waals surface area contributed by atoms with Crippen molar-refractivity contribution in [1.29, 1.82) is 0 Å².